The Labute approximate surface area is 156 Å². The minimum Gasteiger partial charge on any atom is -1.00 e. The smallest absolute Gasteiger partial charge is 0.330 e. The fourth-order valence-electron chi connectivity index (χ4n) is 2.36. The van der Waals surface area contributed by atoms with Gasteiger partial charge >= 0.3 is 7.60 Å². The Morgan fingerprint density at radius 1 is 1.22 bits per heavy atom. The lowest BCUT2D eigenvalue weighted by atomic mass is 10.3. The molecule has 0 saturated carbocycles. The summed E-state index contributed by atoms with van der Waals surface area (Å²) in [7, 11) is -2.94. The van der Waals surface area contributed by atoms with Crippen molar-refractivity contribution in [3.05, 3.63) is 24.3 Å². The van der Waals surface area contributed by atoms with Crippen molar-refractivity contribution in [1.82, 2.24) is 0 Å². The van der Waals surface area contributed by atoms with E-state index >= 15 is 0 Å². The SMILES string of the molecule is CCOP(=O)(CCC[n+]1c(SC)sc2ccccc21)OCC.[Br-]. The van der Waals surface area contributed by atoms with Crippen molar-refractivity contribution in [3.8, 4) is 0 Å². The average Bonchev–Trinajstić information content (AvgIpc) is 2.86. The Kier molecular flexibility index (Phi) is 9.34. The molecule has 0 unspecified atom stereocenters. The fraction of sp³-hybridized carbons (Fsp3) is 0.533. The third kappa shape index (κ3) is 5.55. The molecule has 0 N–H and O–H groups in total. The van der Waals surface area contributed by atoms with Crippen LogP contribution in [-0.4, -0.2) is 25.6 Å². The van der Waals surface area contributed by atoms with Crippen LogP contribution in [0.2, 0.25) is 0 Å². The average molecular weight is 440 g/mol. The number of thiazole rings is 1. The number of nitrogens with zero attached hydrogens (tertiary/aromatic N) is 1. The second-order valence-corrected chi connectivity index (χ2v) is 8.98. The molecule has 0 spiro atoms. The highest BCUT2D eigenvalue weighted by Crippen LogP contribution is 2.48. The number of halogens is 1. The number of hydrogen-bond donors (Lipinski definition) is 0. The molecule has 4 nitrogen and oxygen atoms in total. The van der Waals surface area contributed by atoms with E-state index in [4.69, 9.17) is 9.05 Å². The number of para-hydroxylation sites is 1. The van der Waals surface area contributed by atoms with Gasteiger partial charge in [-0.25, -0.2) is 0 Å². The van der Waals surface area contributed by atoms with Crippen LogP contribution < -0.4 is 21.5 Å². The van der Waals surface area contributed by atoms with E-state index in [1.54, 1.807) is 23.1 Å². The molecule has 8 heteroatoms. The molecule has 0 fully saturated rings. The summed E-state index contributed by atoms with van der Waals surface area (Å²) in [6.45, 7) is 5.35. The van der Waals surface area contributed by atoms with Crippen LogP contribution in [-0.2, 0) is 20.2 Å². The molecule has 1 heterocycles. The van der Waals surface area contributed by atoms with Crippen molar-refractivity contribution in [2.24, 2.45) is 0 Å². The molecule has 0 amide bonds. The third-order valence-electron chi connectivity index (χ3n) is 3.21. The summed E-state index contributed by atoms with van der Waals surface area (Å²) < 4.78 is 28.1. The number of benzene rings is 1. The molecule has 0 aliphatic rings. The molecule has 0 saturated heterocycles. The minimum atomic E-state index is -2.94. The van der Waals surface area contributed by atoms with Gasteiger partial charge in [0.25, 0.3) is 4.34 Å². The Morgan fingerprint density at radius 3 is 2.48 bits per heavy atom. The maximum absolute atomic E-state index is 12.5. The number of hydrogen-bond acceptors (Lipinski definition) is 5. The summed E-state index contributed by atoms with van der Waals surface area (Å²) in [5, 5.41) is 0. The van der Waals surface area contributed by atoms with Crippen LogP contribution in [0.3, 0.4) is 0 Å². The van der Waals surface area contributed by atoms with E-state index in [-0.39, 0.29) is 17.0 Å². The number of aromatic nitrogens is 1. The second kappa shape index (κ2) is 10.2. The molecule has 2 aromatic rings. The molecule has 0 atom stereocenters. The Morgan fingerprint density at radius 2 is 1.87 bits per heavy atom. The summed E-state index contributed by atoms with van der Waals surface area (Å²) in [6.07, 6.45) is 3.32. The number of rotatable bonds is 9. The molecule has 0 bridgehead atoms. The zero-order valence-corrected chi connectivity index (χ0v) is 17.8. The topological polar surface area (TPSA) is 39.4 Å². The van der Waals surface area contributed by atoms with Gasteiger partial charge in [-0.2, -0.15) is 4.57 Å². The van der Waals surface area contributed by atoms with Crippen molar-refractivity contribution >= 4 is 40.9 Å². The predicted molar refractivity (Wildman–Crippen MR) is 94.1 cm³/mol. The number of aryl methyl sites for hydroxylation is 1. The van der Waals surface area contributed by atoms with Crippen LogP contribution in [0, 0.1) is 0 Å². The van der Waals surface area contributed by atoms with Crippen LogP contribution in [0.4, 0.5) is 0 Å². The molecule has 130 valence electrons. The van der Waals surface area contributed by atoms with Gasteiger partial charge in [0.05, 0.1) is 19.4 Å². The van der Waals surface area contributed by atoms with Crippen molar-refractivity contribution in [3.63, 3.8) is 0 Å². The van der Waals surface area contributed by atoms with E-state index in [0.29, 0.717) is 19.4 Å². The molecule has 0 aliphatic carbocycles. The normalized spacial score (nSPS) is 11.6. The zero-order chi connectivity index (χ0) is 16.0. The Hall–Kier alpha value is 0.0900. The van der Waals surface area contributed by atoms with E-state index in [1.807, 2.05) is 13.8 Å². The Bertz CT molecular complexity index is 655. The largest absolute Gasteiger partial charge is 1.00 e. The van der Waals surface area contributed by atoms with Gasteiger partial charge in [0.2, 0.25) is 5.52 Å². The van der Waals surface area contributed by atoms with Crippen LogP contribution in [0.5, 0.6) is 0 Å². The quantitative estimate of drug-likeness (QED) is 0.337. The lowest BCUT2D eigenvalue weighted by molar-refractivity contribution is -0.701. The predicted octanol–water partition coefficient (Wildman–Crippen LogP) is 1.57. The summed E-state index contributed by atoms with van der Waals surface area (Å²) in [5.74, 6) is 0. The molecule has 23 heavy (non-hydrogen) atoms. The highest BCUT2D eigenvalue weighted by molar-refractivity contribution is 8.00. The van der Waals surface area contributed by atoms with Gasteiger partial charge in [0.1, 0.15) is 4.70 Å². The van der Waals surface area contributed by atoms with Gasteiger partial charge in [-0.1, -0.05) is 23.5 Å². The van der Waals surface area contributed by atoms with Crippen LogP contribution in [0.15, 0.2) is 28.6 Å². The van der Waals surface area contributed by atoms with Crippen molar-refractivity contribution in [2.75, 3.05) is 25.6 Å². The van der Waals surface area contributed by atoms with Crippen molar-refractivity contribution in [1.29, 1.82) is 0 Å². The van der Waals surface area contributed by atoms with Crippen LogP contribution >= 0.6 is 30.7 Å². The van der Waals surface area contributed by atoms with E-state index in [9.17, 15) is 4.57 Å². The number of fused-ring (bicyclic) bond motifs is 1. The highest BCUT2D eigenvalue weighted by atomic mass is 79.9. The molecule has 2 rings (SSSR count). The van der Waals surface area contributed by atoms with Crippen molar-refractivity contribution < 1.29 is 35.2 Å². The fourth-order valence-corrected chi connectivity index (χ4v) is 5.94. The molecule has 1 aromatic carbocycles. The van der Waals surface area contributed by atoms with Gasteiger partial charge in [0, 0.05) is 12.5 Å². The molecular weight excluding hydrogens is 417 g/mol. The van der Waals surface area contributed by atoms with Gasteiger partial charge in [0.15, 0.2) is 6.54 Å². The first-order valence-corrected chi connectivity index (χ1v) is 11.2. The standard InChI is InChI=1S/C15H23NO3PS2.BrH/c1-4-18-20(17,19-5-2)12-8-11-16-13-9-6-7-10-14(13)22-15(16)21-3;/h6-7,9-10H,4-5,8,11-12H2,1-3H3;1H/q+1;/p-1. The first-order chi connectivity index (χ1) is 10.6. The molecule has 0 aliphatic heterocycles. The lowest BCUT2D eigenvalue weighted by Crippen LogP contribution is -3.00. The zero-order valence-electron chi connectivity index (χ0n) is 13.7. The summed E-state index contributed by atoms with van der Waals surface area (Å²) in [5.41, 5.74) is 1.24. The first-order valence-electron chi connectivity index (χ1n) is 7.47. The second-order valence-electron chi connectivity index (χ2n) is 4.72. The summed E-state index contributed by atoms with van der Waals surface area (Å²) in [4.78, 5) is 0. The first kappa shape index (κ1) is 21.1. The summed E-state index contributed by atoms with van der Waals surface area (Å²) in [6, 6.07) is 8.39. The highest BCUT2D eigenvalue weighted by Gasteiger charge is 2.25. The Balaban J connectivity index is 0.00000264. The van der Waals surface area contributed by atoms with Gasteiger partial charge in [-0.3, -0.25) is 4.57 Å². The maximum Gasteiger partial charge on any atom is 0.330 e. The molecule has 1 aromatic heterocycles. The van der Waals surface area contributed by atoms with Crippen LogP contribution in [0.25, 0.3) is 10.2 Å². The van der Waals surface area contributed by atoms with Crippen molar-refractivity contribution in [2.45, 2.75) is 31.2 Å². The van der Waals surface area contributed by atoms with E-state index < -0.39 is 7.60 Å². The van der Waals surface area contributed by atoms with E-state index in [0.717, 1.165) is 13.0 Å². The monoisotopic (exact) mass is 439 g/mol. The van der Waals surface area contributed by atoms with Crippen LogP contribution in [0.1, 0.15) is 20.3 Å². The van der Waals surface area contributed by atoms with E-state index in [2.05, 4.69) is 35.1 Å². The summed E-state index contributed by atoms with van der Waals surface area (Å²) >= 11 is 3.55. The molecule has 0 radical (unpaired) electrons. The third-order valence-corrected chi connectivity index (χ3v) is 7.66. The molecular formula is C15H23BrNO3PS2. The van der Waals surface area contributed by atoms with Gasteiger partial charge in [-0.15, -0.1) is 0 Å². The lowest BCUT2D eigenvalue weighted by Gasteiger charge is -2.15. The van der Waals surface area contributed by atoms with Gasteiger partial charge < -0.3 is 26.0 Å². The van der Waals surface area contributed by atoms with Gasteiger partial charge in [-0.05, 0) is 37.9 Å². The maximum atomic E-state index is 12.5. The van der Waals surface area contributed by atoms with E-state index in [1.165, 1.54) is 14.6 Å². The number of thioether (sulfide) groups is 1. The minimum absolute atomic E-state index is 0.